The van der Waals surface area contributed by atoms with E-state index in [1.165, 1.54) is 0 Å². The van der Waals surface area contributed by atoms with Gasteiger partial charge in [-0.3, -0.25) is 0 Å². The van der Waals surface area contributed by atoms with Crippen molar-refractivity contribution in [3.63, 3.8) is 0 Å². The van der Waals surface area contributed by atoms with E-state index in [1.54, 1.807) is 25.4 Å². The van der Waals surface area contributed by atoms with Crippen LogP contribution >= 0.6 is 0 Å². The average molecular weight is 276 g/mol. The van der Waals surface area contributed by atoms with Gasteiger partial charge in [-0.05, 0) is 32.4 Å². The predicted octanol–water partition coefficient (Wildman–Crippen LogP) is 3.03. The monoisotopic (exact) mass is 276 g/mol. The number of carbonyl (C=O) groups is 1. The van der Waals surface area contributed by atoms with Crippen LogP contribution in [-0.4, -0.2) is 33.8 Å². The SMILES string of the molecule is CCC(OC)C(C)n1c(C)c(C(=O)O)c2cccnc21. The maximum Gasteiger partial charge on any atom is 0.338 e. The van der Waals surface area contributed by atoms with Crippen LogP contribution in [0.4, 0.5) is 0 Å². The molecule has 2 aromatic rings. The Kier molecular flexibility index (Phi) is 4.09. The van der Waals surface area contributed by atoms with Crippen molar-refractivity contribution in [2.24, 2.45) is 0 Å². The first-order chi connectivity index (χ1) is 9.52. The number of hydrogen-bond donors (Lipinski definition) is 1. The lowest BCUT2D eigenvalue weighted by Crippen LogP contribution is -2.24. The zero-order valence-corrected chi connectivity index (χ0v) is 12.3. The largest absolute Gasteiger partial charge is 0.478 e. The Bertz CT molecular complexity index is 629. The Balaban J connectivity index is 2.70. The number of rotatable bonds is 5. The summed E-state index contributed by atoms with van der Waals surface area (Å²) in [5, 5.41) is 10.1. The van der Waals surface area contributed by atoms with Gasteiger partial charge in [-0.2, -0.15) is 0 Å². The molecule has 0 fully saturated rings. The molecule has 0 amide bonds. The van der Waals surface area contributed by atoms with Gasteiger partial charge in [0, 0.05) is 24.4 Å². The number of fused-ring (bicyclic) bond motifs is 1. The number of pyridine rings is 1. The molecule has 2 aromatic heterocycles. The van der Waals surface area contributed by atoms with Crippen LogP contribution < -0.4 is 0 Å². The highest BCUT2D eigenvalue weighted by molar-refractivity contribution is 6.04. The van der Waals surface area contributed by atoms with E-state index in [0.29, 0.717) is 22.3 Å². The lowest BCUT2D eigenvalue weighted by molar-refractivity contribution is 0.0599. The molecule has 2 rings (SSSR count). The van der Waals surface area contributed by atoms with Crippen LogP contribution in [0.5, 0.6) is 0 Å². The molecule has 5 heteroatoms. The first-order valence-electron chi connectivity index (χ1n) is 6.74. The summed E-state index contributed by atoms with van der Waals surface area (Å²) >= 11 is 0. The van der Waals surface area contributed by atoms with Crippen molar-refractivity contribution in [1.29, 1.82) is 0 Å². The lowest BCUT2D eigenvalue weighted by atomic mass is 10.1. The minimum atomic E-state index is -0.920. The maximum atomic E-state index is 11.5. The molecule has 2 heterocycles. The van der Waals surface area contributed by atoms with Crippen LogP contribution in [0.3, 0.4) is 0 Å². The van der Waals surface area contributed by atoms with Gasteiger partial charge in [0.15, 0.2) is 0 Å². The van der Waals surface area contributed by atoms with Crippen molar-refractivity contribution >= 4 is 17.0 Å². The van der Waals surface area contributed by atoms with Crippen LogP contribution in [0.15, 0.2) is 18.3 Å². The zero-order chi connectivity index (χ0) is 14.9. The fraction of sp³-hybridized carbons (Fsp3) is 0.467. The van der Waals surface area contributed by atoms with Crippen molar-refractivity contribution in [2.75, 3.05) is 7.11 Å². The van der Waals surface area contributed by atoms with Gasteiger partial charge in [-0.25, -0.2) is 9.78 Å². The van der Waals surface area contributed by atoms with Gasteiger partial charge in [0.05, 0.1) is 17.7 Å². The number of hydrogen-bond acceptors (Lipinski definition) is 3. The first-order valence-corrected chi connectivity index (χ1v) is 6.74. The molecular formula is C15H20N2O3. The van der Waals surface area contributed by atoms with Crippen molar-refractivity contribution in [1.82, 2.24) is 9.55 Å². The fourth-order valence-electron chi connectivity index (χ4n) is 2.90. The van der Waals surface area contributed by atoms with Crippen molar-refractivity contribution in [3.05, 3.63) is 29.6 Å². The molecule has 20 heavy (non-hydrogen) atoms. The summed E-state index contributed by atoms with van der Waals surface area (Å²) < 4.78 is 7.46. The Morgan fingerprint density at radius 1 is 1.55 bits per heavy atom. The van der Waals surface area contributed by atoms with E-state index in [9.17, 15) is 9.90 Å². The predicted molar refractivity (Wildman–Crippen MR) is 77.2 cm³/mol. The highest BCUT2D eigenvalue weighted by Crippen LogP contribution is 2.30. The molecule has 0 aromatic carbocycles. The van der Waals surface area contributed by atoms with Crippen LogP contribution in [-0.2, 0) is 4.74 Å². The summed E-state index contributed by atoms with van der Waals surface area (Å²) in [7, 11) is 1.68. The van der Waals surface area contributed by atoms with Crippen molar-refractivity contribution in [2.45, 2.75) is 39.3 Å². The van der Waals surface area contributed by atoms with Gasteiger partial charge in [-0.1, -0.05) is 6.92 Å². The quantitative estimate of drug-likeness (QED) is 0.911. The minimum absolute atomic E-state index is 0.0213. The molecular weight excluding hydrogens is 256 g/mol. The number of aromatic carboxylic acids is 1. The summed E-state index contributed by atoms with van der Waals surface area (Å²) in [6, 6.07) is 3.59. The molecule has 108 valence electrons. The second kappa shape index (κ2) is 5.63. The molecule has 0 bridgehead atoms. The summed E-state index contributed by atoms with van der Waals surface area (Å²) in [4.78, 5) is 15.9. The normalized spacial score (nSPS) is 14.4. The van der Waals surface area contributed by atoms with Gasteiger partial charge in [0.1, 0.15) is 5.65 Å². The Morgan fingerprint density at radius 3 is 2.80 bits per heavy atom. The highest BCUT2D eigenvalue weighted by Gasteiger charge is 2.26. The van der Waals surface area contributed by atoms with Gasteiger partial charge in [0.25, 0.3) is 0 Å². The zero-order valence-electron chi connectivity index (χ0n) is 12.3. The lowest BCUT2D eigenvalue weighted by Gasteiger charge is -2.24. The van der Waals surface area contributed by atoms with Gasteiger partial charge < -0.3 is 14.4 Å². The summed E-state index contributed by atoms with van der Waals surface area (Å²) in [6.07, 6.45) is 2.56. The summed E-state index contributed by atoms with van der Waals surface area (Å²) in [5.41, 5.74) is 1.74. The summed E-state index contributed by atoms with van der Waals surface area (Å²) in [5.74, 6) is -0.920. The number of aromatic nitrogens is 2. The molecule has 0 saturated heterocycles. The maximum absolute atomic E-state index is 11.5. The number of carboxylic acid groups (broad SMARTS) is 1. The second-order valence-electron chi connectivity index (χ2n) is 4.93. The van der Waals surface area contributed by atoms with E-state index in [1.807, 2.05) is 18.4 Å². The van der Waals surface area contributed by atoms with Crippen LogP contribution in [0.1, 0.15) is 42.4 Å². The van der Waals surface area contributed by atoms with Gasteiger partial charge >= 0.3 is 5.97 Å². The molecule has 1 N–H and O–H groups in total. The molecule has 0 radical (unpaired) electrons. The Hall–Kier alpha value is -1.88. The third-order valence-corrected chi connectivity index (χ3v) is 3.87. The number of ether oxygens (including phenoxy) is 1. The van der Waals surface area contributed by atoms with Crippen LogP contribution in [0, 0.1) is 6.92 Å². The Morgan fingerprint density at radius 2 is 2.25 bits per heavy atom. The van der Waals surface area contributed by atoms with Gasteiger partial charge in [0.2, 0.25) is 0 Å². The van der Waals surface area contributed by atoms with E-state index in [-0.39, 0.29) is 12.1 Å². The minimum Gasteiger partial charge on any atom is -0.478 e. The van der Waals surface area contributed by atoms with Gasteiger partial charge in [-0.15, -0.1) is 0 Å². The van der Waals surface area contributed by atoms with Crippen molar-refractivity contribution in [3.8, 4) is 0 Å². The average Bonchev–Trinajstić information content (AvgIpc) is 2.71. The molecule has 0 spiro atoms. The fourth-order valence-corrected chi connectivity index (χ4v) is 2.90. The van der Waals surface area contributed by atoms with E-state index in [2.05, 4.69) is 11.9 Å². The third-order valence-electron chi connectivity index (χ3n) is 3.87. The number of nitrogens with zero attached hydrogens (tertiary/aromatic N) is 2. The van der Waals surface area contributed by atoms with Crippen LogP contribution in [0.2, 0.25) is 0 Å². The second-order valence-corrected chi connectivity index (χ2v) is 4.93. The molecule has 5 nitrogen and oxygen atoms in total. The molecule has 0 saturated carbocycles. The first kappa shape index (κ1) is 14.5. The molecule has 2 atom stereocenters. The number of carboxylic acids is 1. The summed E-state index contributed by atoms with van der Waals surface area (Å²) in [6.45, 7) is 5.91. The molecule has 0 aliphatic carbocycles. The van der Waals surface area contributed by atoms with E-state index in [4.69, 9.17) is 4.74 Å². The molecule has 0 aliphatic heterocycles. The number of methoxy groups -OCH3 is 1. The molecule has 2 unspecified atom stereocenters. The smallest absolute Gasteiger partial charge is 0.338 e. The molecule has 0 aliphatic rings. The van der Waals surface area contributed by atoms with Crippen LogP contribution in [0.25, 0.3) is 11.0 Å². The van der Waals surface area contributed by atoms with E-state index < -0.39 is 5.97 Å². The van der Waals surface area contributed by atoms with E-state index >= 15 is 0 Å². The standard InChI is InChI=1S/C15H20N2O3/c1-5-12(20-4)9(2)17-10(3)13(15(18)19)11-7-6-8-16-14(11)17/h6-9,12H,5H2,1-4H3,(H,18,19). The third kappa shape index (κ3) is 2.18. The van der Waals surface area contributed by atoms with Crippen molar-refractivity contribution < 1.29 is 14.6 Å². The van der Waals surface area contributed by atoms with E-state index in [0.717, 1.165) is 6.42 Å². The topological polar surface area (TPSA) is 64.3 Å². The highest BCUT2D eigenvalue weighted by atomic mass is 16.5. The Labute approximate surface area is 118 Å².